The lowest BCUT2D eigenvalue weighted by Crippen LogP contribution is -2.29. The maximum atomic E-state index is 13.4. The van der Waals surface area contributed by atoms with Crippen LogP contribution in [-0.2, 0) is 14.3 Å². The van der Waals surface area contributed by atoms with Crippen LogP contribution in [0.15, 0.2) is 78.4 Å². The summed E-state index contributed by atoms with van der Waals surface area (Å²) in [6.45, 7) is 10.1. The smallest absolute Gasteiger partial charge is 0.338 e. The quantitative estimate of drug-likeness (QED) is 0.162. The summed E-state index contributed by atoms with van der Waals surface area (Å²) in [7, 11) is 0. The highest BCUT2D eigenvalue weighted by Gasteiger charge is 2.47. The minimum Gasteiger partial charge on any atom is -0.507 e. The summed E-state index contributed by atoms with van der Waals surface area (Å²) >= 11 is 0. The number of esters is 1. The Morgan fingerprint density at radius 3 is 2.15 bits per heavy atom. The first-order chi connectivity index (χ1) is 18.6. The summed E-state index contributed by atoms with van der Waals surface area (Å²) in [6.07, 6.45) is -0.271. The van der Waals surface area contributed by atoms with Gasteiger partial charge in [-0.2, -0.15) is 0 Å². The summed E-state index contributed by atoms with van der Waals surface area (Å²) in [5.41, 5.74) is 2.61. The Balaban J connectivity index is 1.77. The van der Waals surface area contributed by atoms with E-state index in [-0.39, 0.29) is 17.4 Å². The predicted molar refractivity (Wildman–Crippen MR) is 150 cm³/mol. The number of carbonyl (C=O) groups excluding carboxylic acids is 3. The highest BCUT2D eigenvalue weighted by Crippen LogP contribution is 2.42. The van der Waals surface area contributed by atoms with Crippen LogP contribution in [0.3, 0.4) is 0 Å². The van der Waals surface area contributed by atoms with Crippen LogP contribution in [-0.4, -0.2) is 35.5 Å². The van der Waals surface area contributed by atoms with E-state index in [1.165, 1.54) is 4.90 Å². The van der Waals surface area contributed by atoms with E-state index in [2.05, 4.69) is 13.8 Å². The average Bonchev–Trinajstić information content (AvgIpc) is 3.17. The highest BCUT2D eigenvalue weighted by molar-refractivity contribution is 6.51. The van der Waals surface area contributed by atoms with Gasteiger partial charge in [-0.1, -0.05) is 44.2 Å². The largest absolute Gasteiger partial charge is 0.507 e. The van der Waals surface area contributed by atoms with Crippen LogP contribution >= 0.6 is 0 Å². The van der Waals surface area contributed by atoms with E-state index in [1.54, 1.807) is 68.4 Å². The molecule has 1 saturated heterocycles. The lowest BCUT2D eigenvalue weighted by Gasteiger charge is -2.25. The number of ether oxygens (including phenoxy) is 2. The number of aliphatic hydroxyl groups is 1. The molecular weight excluding hydrogens is 494 g/mol. The maximum absolute atomic E-state index is 13.4. The van der Waals surface area contributed by atoms with Crippen molar-refractivity contribution in [2.24, 2.45) is 5.92 Å². The van der Waals surface area contributed by atoms with E-state index >= 15 is 0 Å². The number of amides is 1. The Kier molecular flexibility index (Phi) is 8.19. The molecular formula is C32H33NO6. The van der Waals surface area contributed by atoms with E-state index in [9.17, 15) is 19.5 Å². The van der Waals surface area contributed by atoms with Gasteiger partial charge in [-0.05, 0) is 80.3 Å². The molecule has 39 heavy (non-hydrogen) atoms. The number of aliphatic hydroxyl groups excluding tert-OH is 1. The zero-order chi connectivity index (χ0) is 28.3. The third-order valence-corrected chi connectivity index (χ3v) is 6.30. The van der Waals surface area contributed by atoms with Gasteiger partial charge in [-0.15, -0.1) is 0 Å². The van der Waals surface area contributed by atoms with Crippen LogP contribution in [0.2, 0.25) is 0 Å². The molecule has 0 saturated carbocycles. The number of nitrogens with zero attached hydrogens (tertiary/aromatic N) is 1. The standard InChI is InChI=1S/C32H33NO6/c1-19(2)18-38-26-16-13-24(17-21(26)5)29(34)27-28(22-9-7-6-8-10-22)33(31(36)30(27)35)25-14-11-23(12-15-25)32(37)39-20(3)4/h6-17,19-20,28,34H,18H2,1-5H3/b29-27-. The molecule has 7 heteroatoms. The molecule has 0 bridgehead atoms. The first kappa shape index (κ1) is 27.6. The molecule has 3 aromatic rings. The molecule has 0 aliphatic carbocycles. The number of hydrogen-bond donors (Lipinski definition) is 1. The molecule has 1 amide bonds. The van der Waals surface area contributed by atoms with Crippen molar-refractivity contribution in [3.63, 3.8) is 0 Å². The van der Waals surface area contributed by atoms with Crippen molar-refractivity contribution in [1.82, 2.24) is 0 Å². The van der Waals surface area contributed by atoms with E-state index in [1.807, 2.05) is 25.1 Å². The molecule has 0 spiro atoms. The molecule has 1 heterocycles. The van der Waals surface area contributed by atoms with Crippen molar-refractivity contribution in [2.75, 3.05) is 11.5 Å². The topological polar surface area (TPSA) is 93.1 Å². The second kappa shape index (κ2) is 11.6. The van der Waals surface area contributed by atoms with Crippen molar-refractivity contribution >= 4 is 29.1 Å². The number of Topliss-reactive ketones (excluding diaryl/α,β-unsaturated/α-hetero) is 1. The summed E-state index contributed by atoms with van der Waals surface area (Å²) in [6, 6.07) is 19.7. The Labute approximate surface area is 228 Å². The maximum Gasteiger partial charge on any atom is 0.338 e. The zero-order valence-corrected chi connectivity index (χ0v) is 22.8. The summed E-state index contributed by atoms with van der Waals surface area (Å²) in [4.78, 5) is 40.5. The fraction of sp³-hybridized carbons (Fsp3) is 0.281. The highest BCUT2D eigenvalue weighted by atomic mass is 16.5. The van der Waals surface area contributed by atoms with Crippen LogP contribution in [0.1, 0.15) is 60.8 Å². The van der Waals surface area contributed by atoms with E-state index in [4.69, 9.17) is 9.47 Å². The van der Waals surface area contributed by atoms with Gasteiger partial charge in [0.05, 0.1) is 29.9 Å². The van der Waals surface area contributed by atoms with Crippen LogP contribution in [0, 0.1) is 12.8 Å². The average molecular weight is 528 g/mol. The molecule has 4 rings (SSSR count). The number of benzene rings is 3. The monoisotopic (exact) mass is 527 g/mol. The van der Waals surface area contributed by atoms with Crippen LogP contribution in [0.25, 0.3) is 5.76 Å². The van der Waals surface area contributed by atoms with Crippen molar-refractivity contribution in [3.8, 4) is 5.75 Å². The molecule has 0 radical (unpaired) electrons. The van der Waals surface area contributed by atoms with Crippen molar-refractivity contribution in [1.29, 1.82) is 0 Å². The molecule has 1 aliphatic rings. The van der Waals surface area contributed by atoms with Gasteiger partial charge in [-0.3, -0.25) is 14.5 Å². The van der Waals surface area contributed by atoms with Gasteiger partial charge in [0.15, 0.2) is 0 Å². The molecule has 1 fully saturated rings. The third kappa shape index (κ3) is 5.87. The van der Waals surface area contributed by atoms with E-state index in [0.717, 1.165) is 5.56 Å². The molecule has 202 valence electrons. The second-order valence-corrected chi connectivity index (χ2v) is 10.3. The first-order valence-corrected chi connectivity index (χ1v) is 13.0. The lowest BCUT2D eigenvalue weighted by atomic mass is 9.94. The molecule has 1 aliphatic heterocycles. The second-order valence-electron chi connectivity index (χ2n) is 10.3. The fourth-order valence-corrected chi connectivity index (χ4v) is 4.46. The Morgan fingerprint density at radius 1 is 0.923 bits per heavy atom. The first-order valence-electron chi connectivity index (χ1n) is 13.0. The van der Waals surface area contributed by atoms with E-state index in [0.29, 0.717) is 40.7 Å². The Morgan fingerprint density at radius 2 is 1.56 bits per heavy atom. The minimum absolute atomic E-state index is 0.00950. The van der Waals surface area contributed by atoms with Crippen LogP contribution < -0.4 is 9.64 Å². The fourth-order valence-electron chi connectivity index (χ4n) is 4.46. The van der Waals surface area contributed by atoms with Crippen molar-refractivity contribution < 1.29 is 29.0 Å². The minimum atomic E-state index is -0.864. The molecule has 1 atom stereocenters. The summed E-state index contributed by atoms with van der Waals surface area (Å²) in [5.74, 6) is -1.25. The van der Waals surface area contributed by atoms with Crippen LogP contribution in [0.4, 0.5) is 5.69 Å². The van der Waals surface area contributed by atoms with Crippen molar-refractivity contribution in [3.05, 3.63) is 101 Å². The third-order valence-electron chi connectivity index (χ3n) is 6.30. The van der Waals surface area contributed by atoms with Gasteiger partial charge in [0.2, 0.25) is 0 Å². The number of anilines is 1. The molecule has 3 aromatic carbocycles. The van der Waals surface area contributed by atoms with Gasteiger partial charge in [0, 0.05) is 11.3 Å². The number of hydrogen-bond acceptors (Lipinski definition) is 6. The number of rotatable bonds is 8. The number of aryl methyl sites for hydroxylation is 1. The van der Waals surface area contributed by atoms with Crippen molar-refractivity contribution in [2.45, 2.75) is 46.8 Å². The Bertz CT molecular complexity index is 1410. The normalized spacial score (nSPS) is 16.7. The van der Waals surface area contributed by atoms with Gasteiger partial charge >= 0.3 is 5.97 Å². The number of ketones is 1. The molecule has 7 nitrogen and oxygen atoms in total. The number of carbonyl (C=O) groups is 3. The summed E-state index contributed by atoms with van der Waals surface area (Å²) in [5, 5.41) is 11.4. The SMILES string of the molecule is Cc1cc(/C(O)=C2/C(=O)C(=O)N(c3ccc(C(=O)OC(C)C)cc3)C2c2ccccc2)ccc1OCC(C)C. The van der Waals surface area contributed by atoms with Gasteiger partial charge in [-0.25, -0.2) is 4.79 Å². The van der Waals surface area contributed by atoms with Crippen LogP contribution in [0.5, 0.6) is 5.75 Å². The van der Waals surface area contributed by atoms with Gasteiger partial charge < -0.3 is 14.6 Å². The van der Waals surface area contributed by atoms with Gasteiger partial charge in [0.25, 0.3) is 11.7 Å². The molecule has 1 N–H and O–H groups in total. The zero-order valence-electron chi connectivity index (χ0n) is 22.8. The molecule has 0 aromatic heterocycles. The van der Waals surface area contributed by atoms with Gasteiger partial charge in [0.1, 0.15) is 11.5 Å². The predicted octanol–water partition coefficient (Wildman–Crippen LogP) is 6.22. The summed E-state index contributed by atoms with van der Waals surface area (Å²) < 4.78 is 11.1. The van der Waals surface area contributed by atoms with E-state index < -0.39 is 23.7 Å². The molecule has 1 unspecified atom stereocenters. The lowest BCUT2D eigenvalue weighted by molar-refractivity contribution is -0.132. The Hall–Kier alpha value is -4.39.